The molecule has 13 N–H and O–H groups in total. The lowest BCUT2D eigenvalue weighted by atomic mass is 9.89. The molecule has 0 unspecified atom stereocenters. The van der Waals surface area contributed by atoms with Crippen LogP contribution in [-0.4, -0.2) is 63.0 Å². The number of hydrogen-bond donors (Lipinski definition) is 8. The first-order valence-corrected chi connectivity index (χ1v) is 13.6. The number of anilines is 1. The molecule has 11 nitrogen and oxygen atoms in total. The number of nitrogens with two attached hydrogens (primary N) is 5. The Hall–Kier alpha value is -2.57. The number of nitrogens with one attached hydrogen (secondary N) is 3. The molecule has 0 saturated heterocycles. The fourth-order valence-corrected chi connectivity index (χ4v) is 3.26. The lowest BCUT2D eigenvalue weighted by molar-refractivity contribution is -0.115. The first-order chi connectivity index (χ1) is 18.2. The largest absolute Gasteiger partial charge is 0.347 e. The molecular weight excluding hydrogens is 484 g/mol. The summed E-state index contributed by atoms with van der Waals surface area (Å²) in [6.07, 6.45) is 0.251. The molecule has 3 amide bonds. The number of amides is 3. The zero-order chi connectivity index (χ0) is 31.0. The van der Waals surface area contributed by atoms with Crippen molar-refractivity contribution in [1.82, 2.24) is 10.6 Å². The molecule has 0 bridgehead atoms. The van der Waals surface area contributed by atoms with E-state index >= 15 is 0 Å². The molecule has 0 radical (unpaired) electrons. The first-order valence-electron chi connectivity index (χ1n) is 13.6. The van der Waals surface area contributed by atoms with Gasteiger partial charge in [-0.25, -0.2) is 0 Å². The standard InChI is InChI=1S/C20H35N7O3.3C2H6.CH5N/c1-5-15(28)27-18-11(3)16(19(29)25-13(6-21)7-22)10(2)17(12(18)4)20(30)26-14(8-23)9-24;4*1-2/h13-14H,5-9,21-24H2,1-4H3,(H,25,29)(H,26,30)(H,27,28);3*1-2H3;2H2,1H3. The normalized spacial score (nSPS) is 9.32. The van der Waals surface area contributed by atoms with Crippen molar-refractivity contribution in [3.8, 4) is 0 Å². The van der Waals surface area contributed by atoms with Crippen molar-refractivity contribution < 1.29 is 14.4 Å². The van der Waals surface area contributed by atoms with E-state index in [-0.39, 0.29) is 38.5 Å². The van der Waals surface area contributed by atoms with Gasteiger partial charge in [-0.1, -0.05) is 48.5 Å². The van der Waals surface area contributed by atoms with Crippen molar-refractivity contribution in [2.24, 2.45) is 28.7 Å². The molecule has 0 heterocycles. The van der Waals surface area contributed by atoms with Crippen molar-refractivity contribution >= 4 is 23.4 Å². The summed E-state index contributed by atoms with van der Waals surface area (Å²) >= 11 is 0. The number of rotatable bonds is 10. The molecular formula is C27H58N8O3. The minimum atomic E-state index is -0.416. The van der Waals surface area contributed by atoms with Gasteiger partial charge in [-0.05, 0) is 44.5 Å². The molecule has 0 aliphatic carbocycles. The van der Waals surface area contributed by atoms with Crippen molar-refractivity contribution in [1.29, 1.82) is 0 Å². The Kier molecular flexibility index (Phi) is 29.2. The van der Waals surface area contributed by atoms with Crippen LogP contribution in [0.5, 0.6) is 0 Å². The molecule has 0 fully saturated rings. The van der Waals surface area contributed by atoms with Crippen molar-refractivity contribution in [3.63, 3.8) is 0 Å². The smallest absolute Gasteiger partial charge is 0.252 e. The highest BCUT2D eigenvalue weighted by Crippen LogP contribution is 2.31. The molecule has 0 spiro atoms. The Morgan fingerprint density at radius 2 is 0.921 bits per heavy atom. The minimum absolute atomic E-state index is 0.174. The molecule has 1 aromatic rings. The summed E-state index contributed by atoms with van der Waals surface area (Å²) in [6, 6.07) is -0.829. The maximum atomic E-state index is 13.0. The van der Waals surface area contributed by atoms with Crippen LogP contribution < -0.4 is 44.6 Å². The summed E-state index contributed by atoms with van der Waals surface area (Å²) in [5.74, 6) is -1.06. The van der Waals surface area contributed by atoms with Crippen LogP contribution in [-0.2, 0) is 4.79 Å². The van der Waals surface area contributed by atoms with Gasteiger partial charge in [0.2, 0.25) is 5.91 Å². The molecule has 0 aromatic heterocycles. The van der Waals surface area contributed by atoms with Crippen LogP contribution in [0.1, 0.15) is 92.3 Å². The van der Waals surface area contributed by atoms with E-state index < -0.39 is 23.9 Å². The van der Waals surface area contributed by atoms with E-state index in [9.17, 15) is 14.4 Å². The third-order valence-electron chi connectivity index (χ3n) is 5.10. The average Bonchev–Trinajstić information content (AvgIpc) is 2.96. The summed E-state index contributed by atoms with van der Waals surface area (Å²) in [4.78, 5) is 38.2. The molecule has 0 atom stereocenters. The highest BCUT2D eigenvalue weighted by Gasteiger charge is 2.27. The quantitative estimate of drug-likeness (QED) is 0.217. The van der Waals surface area contributed by atoms with E-state index in [4.69, 9.17) is 22.9 Å². The third kappa shape index (κ3) is 13.3. The number of benzene rings is 1. The summed E-state index contributed by atoms with van der Waals surface area (Å²) in [6.45, 7) is 19.6. The second-order valence-electron chi connectivity index (χ2n) is 7.19. The Balaban J connectivity index is -0.000000656. The van der Waals surface area contributed by atoms with Gasteiger partial charge in [-0.15, -0.1) is 0 Å². The van der Waals surface area contributed by atoms with Gasteiger partial charge in [0.05, 0.1) is 12.1 Å². The number of carbonyl (C=O) groups excluding carboxylic acids is 3. The predicted octanol–water partition coefficient (Wildman–Crippen LogP) is 1.65. The van der Waals surface area contributed by atoms with E-state index in [0.717, 1.165) is 0 Å². The second kappa shape index (κ2) is 26.1. The van der Waals surface area contributed by atoms with Crippen LogP contribution in [0.4, 0.5) is 5.69 Å². The highest BCUT2D eigenvalue weighted by atomic mass is 16.2. The van der Waals surface area contributed by atoms with E-state index in [1.165, 1.54) is 7.05 Å². The van der Waals surface area contributed by atoms with E-state index in [0.29, 0.717) is 33.5 Å². The van der Waals surface area contributed by atoms with Crippen molar-refractivity contribution in [2.45, 2.75) is 87.7 Å². The van der Waals surface area contributed by atoms with Gasteiger partial charge in [0, 0.05) is 49.4 Å². The van der Waals surface area contributed by atoms with Crippen molar-refractivity contribution in [2.75, 3.05) is 38.5 Å². The van der Waals surface area contributed by atoms with Crippen LogP contribution in [0, 0.1) is 20.8 Å². The van der Waals surface area contributed by atoms with Gasteiger partial charge < -0.3 is 44.6 Å². The number of carbonyl (C=O) groups is 3. The van der Waals surface area contributed by atoms with E-state index in [2.05, 4.69) is 21.7 Å². The first kappa shape index (κ1) is 42.5. The Labute approximate surface area is 231 Å². The second-order valence-corrected chi connectivity index (χ2v) is 7.19. The third-order valence-corrected chi connectivity index (χ3v) is 5.10. The van der Waals surface area contributed by atoms with Gasteiger partial charge in [-0.3, -0.25) is 14.4 Å². The lowest BCUT2D eigenvalue weighted by Crippen LogP contribution is -2.46. The van der Waals surface area contributed by atoms with Crippen LogP contribution in [0.2, 0.25) is 0 Å². The summed E-state index contributed by atoms with van der Waals surface area (Å²) in [5.41, 5.74) is 29.7. The predicted molar refractivity (Wildman–Crippen MR) is 162 cm³/mol. The van der Waals surface area contributed by atoms with Gasteiger partial charge >= 0.3 is 0 Å². The summed E-state index contributed by atoms with van der Waals surface area (Å²) < 4.78 is 0. The van der Waals surface area contributed by atoms with Gasteiger partial charge in [-0.2, -0.15) is 0 Å². The molecule has 1 aromatic carbocycles. The Morgan fingerprint density at radius 1 is 0.632 bits per heavy atom. The average molecular weight is 543 g/mol. The van der Waals surface area contributed by atoms with E-state index in [1.807, 2.05) is 41.5 Å². The Bertz CT molecular complexity index is 740. The fraction of sp³-hybridized carbons (Fsp3) is 0.667. The topological polar surface area (TPSA) is 217 Å². The SMILES string of the molecule is CC.CC.CC.CCC(=O)Nc1c(C)c(C(=O)NC(CN)CN)c(C)c(C(=O)NC(CN)CN)c1C.CN. The molecule has 0 saturated carbocycles. The molecule has 224 valence electrons. The molecule has 0 aliphatic heterocycles. The minimum Gasteiger partial charge on any atom is -0.347 e. The molecule has 1 rings (SSSR count). The lowest BCUT2D eigenvalue weighted by Gasteiger charge is -2.24. The monoisotopic (exact) mass is 542 g/mol. The zero-order valence-corrected chi connectivity index (χ0v) is 25.8. The molecule has 11 heteroatoms. The van der Waals surface area contributed by atoms with Gasteiger partial charge in [0.25, 0.3) is 11.8 Å². The molecule has 38 heavy (non-hydrogen) atoms. The summed E-state index contributed by atoms with van der Waals surface area (Å²) in [5, 5.41) is 8.38. The van der Waals surface area contributed by atoms with Crippen LogP contribution in [0.25, 0.3) is 0 Å². The van der Waals surface area contributed by atoms with Gasteiger partial charge in [0.15, 0.2) is 0 Å². The van der Waals surface area contributed by atoms with Crippen molar-refractivity contribution in [3.05, 3.63) is 27.8 Å². The van der Waals surface area contributed by atoms with Crippen LogP contribution in [0.15, 0.2) is 0 Å². The zero-order valence-electron chi connectivity index (χ0n) is 25.8. The summed E-state index contributed by atoms with van der Waals surface area (Å²) in [7, 11) is 1.50. The van der Waals surface area contributed by atoms with Crippen LogP contribution >= 0.6 is 0 Å². The molecule has 0 aliphatic rings. The number of hydrogen-bond acceptors (Lipinski definition) is 8. The fourth-order valence-electron chi connectivity index (χ4n) is 3.26. The highest BCUT2D eigenvalue weighted by molar-refractivity contribution is 6.08. The maximum Gasteiger partial charge on any atom is 0.252 e. The van der Waals surface area contributed by atoms with Gasteiger partial charge in [0.1, 0.15) is 0 Å². The maximum absolute atomic E-state index is 13.0. The van der Waals surface area contributed by atoms with E-state index in [1.54, 1.807) is 27.7 Å². The van der Waals surface area contributed by atoms with Crippen LogP contribution in [0.3, 0.4) is 0 Å². The Morgan fingerprint density at radius 3 is 1.16 bits per heavy atom.